The fourth-order valence-corrected chi connectivity index (χ4v) is 4.92. The van der Waals surface area contributed by atoms with Crippen LogP contribution in [-0.4, -0.2) is 22.5 Å². The van der Waals surface area contributed by atoms with Crippen LogP contribution >= 0.6 is 11.3 Å². The highest BCUT2D eigenvalue weighted by molar-refractivity contribution is 7.22. The average molecular weight is 454 g/mol. The van der Waals surface area contributed by atoms with Crippen molar-refractivity contribution in [3.63, 3.8) is 0 Å². The van der Waals surface area contributed by atoms with E-state index in [1.54, 1.807) is 11.1 Å². The Morgan fingerprint density at radius 1 is 0.970 bits per heavy atom. The van der Waals surface area contributed by atoms with Crippen molar-refractivity contribution in [3.8, 4) is 5.75 Å². The van der Waals surface area contributed by atoms with Crippen molar-refractivity contribution < 1.29 is 9.53 Å². The standard InChI is InChI=1S/C27H23N3O2S/c1-2-32-23-14-8-15-24-26(23)29-27(33-24)30(18-21-12-5-6-16-28-21)25(31)17-20-11-7-10-19-9-3-4-13-22(19)20/h3-16H,2,17-18H2,1H3. The molecule has 0 N–H and O–H groups in total. The summed E-state index contributed by atoms with van der Waals surface area (Å²) in [6.45, 7) is 2.87. The lowest BCUT2D eigenvalue weighted by atomic mass is 10.0. The third-order valence-corrected chi connectivity index (χ3v) is 6.51. The Labute approximate surface area is 196 Å². The average Bonchev–Trinajstić information content (AvgIpc) is 3.28. The van der Waals surface area contributed by atoms with Gasteiger partial charge < -0.3 is 4.74 Å². The number of benzene rings is 3. The lowest BCUT2D eigenvalue weighted by Gasteiger charge is -2.20. The predicted octanol–water partition coefficient (Wildman–Crippen LogP) is 6.02. The molecule has 2 aromatic heterocycles. The highest BCUT2D eigenvalue weighted by Gasteiger charge is 2.22. The molecular weight excluding hydrogens is 430 g/mol. The molecule has 5 rings (SSSR count). The van der Waals surface area contributed by atoms with Gasteiger partial charge in [-0.2, -0.15) is 0 Å². The van der Waals surface area contributed by atoms with E-state index in [1.807, 2.05) is 67.6 Å². The summed E-state index contributed by atoms with van der Waals surface area (Å²) in [6, 6.07) is 25.8. The van der Waals surface area contributed by atoms with Crippen LogP contribution < -0.4 is 9.64 Å². The van der Waals surface area contributed by atoms with E-state index in [4.69, 9.17) is 9.72 Å². The van der Waals surface area contributed by atoms with Gasteiger partial charge in [0.25, 0.3) is 0 Å². The Morgan fingerprint density at radius 2 is 1.79 bits per heavy atom. The monoisotopic (exact) mass is 453 g/mol. The molecule has 5 aromatic rings. The number of ether oxygens (including phenoxy) is 1. The minimum absolute atomic E-state index is 0.0194. The smallest absolute Gasteiger partial charge is 0.233 e. The van der Waals surface area contributed by atoms with Crippen LogP contribution in [0.3, 0.4) is 0 Å². The number of hydrogen-bond donors (Lipinski definition) is 0. The molecule has 2 heterocycles. The van der Waals surface area contributed by atoms with E-state index >= 15 is 0 Å². The van der Waals surface area contributed by atoms with Crippen LogP contribution in [0.25, 0.3) is 21.0 Å². The number of para-hydroxylation sites is 1. The Kier molecular flexibility index (Phi) is 6.00. The zero-order valence-electron chi connectivity index (χ0n) is 18.3. The summed E-state index contributed by atoms with van der Waals surface area (Å²) in [5.74, 6) is 0.714. The van der Waals surface area contributed by atoms with Gasteiger partial charge in [0.1, 0.15) is 11.3 Å². The lowest BCUT2D eigenvalue weighted by Crippen LogP contribution is -2.32. The molecule has 0 fully saturated rings. The van der Waals surface area contributed by atoms with Crippen molar-refractivity contribution in [1.82, 2.24) is 9.97 Å². The number of hydrogen-bond acceptors (Lipinski definition) is 5. The second-order valence-corrected chi connectivity index (χ2v) is 8.66. The number of fused-ring (bicyclic) bond motifs is 2. The van der Waals surface area contributed by atoms with E-state index in [9.17, 15) is 4.79 Å². The van der Waals surface area contributed by atoms with Crippen LogP contribution in [0.5, 0.6) is 5.75 Å². The number of pyridine rings is 1. The minimum atomic E-state index is -0.0194. The van der Waals surface area contributed by atoms with Crippen LogP contribution in [0.2, 0.25) is 0 Å². The number of carbonyl (C=O) groups is 1. The minimum Gasteiger partial charge on any atom is -0.492 e. The molecule has 0 saturated carbocycles. The third-order valence-electron chi connectivity index (χ3n) is 5.47. The number of thiazole rings is 1. The van der Waals surface area contributed by atoms with Crippen molar-refractivity contribution >= 4 is 43.4 Å². The van der Waals surface area contributed by atoms with Crippen molar-refractivity contribution in [2.75, 3.05) is 11.5 Å². The molecule has 164 valence electrons. The summed E-state index contributed by atoms with van der Waals surface area (Å²) < 4.78 is 6.75. The normalized spacial score (nSPS) is 11.1. The molecule has 3 aromatic carbocycles. The van der Waals surface area contributed by atoms with Gasteiger partial charge in [-0.15, -0.1) is 0 Å². The van der Waals surface area contributed by atoms with Gasteiger partial charge in [-0.05, 0) is 47.5 Å². The number of aromatic nitrogens is 2. The van der Waals surface area contributed by atoms with Crippen LogP contribution in [0.4, 0.5) is 5.13 Å². The molecule has 0 radical (unpaired) electrons. The SMILES string of the molecule is CCOc1cccc2sc(N(Cc3ccccn3)C(=O)Cc3cccc4ccccc34)nc12. The van der Waals surface area contributed by atoms with Gasteiger partial charge in [0, 0.05) is 6.20 Å². The Hall–Kier alpha value is -3.77. The van der Waals surface area contributed by atoms with E-state index in [0.717, 1.165) is 38.0 Å². The van der Waals surface area contributed by atoms with Crippen molar-refractivity contribution in [3.05, 3.63) is 96.3 Å². The van der Waals surface area contributed by atoms with Crippen LogP contribution in [0.15, 0.2) is 85.1 Å². The molecular formula is C27H23N3O2S. The predicted molar refractivity (Wildman–Crippen MR) is 134 cm³/mol. The van der Waals surface area contributed by atoms with Crippen molar-refractivity contribution in [1.29, 1.82) is 0 Å². The summed E-state index contributed by atoms with van der Waals surface area (Å²) in [4.78, 5) is 24.7. The topological polar surface area (TPSA) is 55.3 Å². The molecule has 0 unspecified atom stereocenters. The molecule has 0 aliphatic heterocycles. The van der Waals surface area contributed by atoms with E-state index in [1.165, 1.54) is 11.3 Å². The molecule has 0 spiro atoms. The maximum Gasteiger partial charge on any atom is 0.233 e. The van der Waals surface area contributed by atoms with Gasteiger partial charge in [0.05, 0.1) is 30.0 Å². The first-order chi connectivity index (χ1) is 16.2. The summed E-state index contributed by atoms with van der Waals surface area (Å²) >= 11 is 1.49. The number of anilines is 1. The van der Waals surface area contributed by atoms with Gasteiger partial charge in [0.15, 0.2) is 5.13 Å². The summed E-state index contributed by atoms with van der Waals surface area (Å²) in [6.07, 6.45) is 2.02. The fourth-order valence-electron chi connectivity index (χ4n) is 3.92. The quantitative estimate of drug-likeness (QED) is 0.302. The molecule has 0 atom stereocenters. The molecule has 33 heavy (non-hydrogen) atoms. The lowest BCUT2D eigenvalue weighted by molar-refractivity contribution is -0.118. The summed E-state index contributed by atoms with van der Waals surface area (Å²) in [5, 5.41) is 2.86. The molecule has 0 aliphatic rings. The van der Waals surface area contributed by atoms with Crippen LogP contribution in [0.1, 0.15) is 18.2 Å². The number of nitrogens with zero attached hydrogens (tertiary/aromatic N) is 3. The summed E-state index contributed by atoms with van der Waals surface area (Å²) in [7, 11) is 0. The van der Waals surface area contributed by atoms with E-state index < -0.39 is 0 Å². The highest BCUT2D eigenvalue weighted by atomic mass is 32.1. The first-order valence-corrected chi connectivity index (χ1v) is 11.7. The van der Waals surface area contributed by atoms with Crippen LogP contribution in [-0.2, 0) is 17.8 Å². The Balaban J connectivity index is 1.54. The molecule has 0 saturated heterocycles. The Morgan fingerprint density at radius 3 is 2.64 bits per heavy atom. The Bertz CT molecular complexity index is 1410. The third kappa shape index (κ3) is 4.43. The second kappa shape index (κ2) is 9.38. The number of amides is 1. The molecule has 0 aliphatic carbocycles. The molecule has 0 bridgehead atoms. The van der Waals surface area contributed by atoms with Crippen molar-refractivity contribution in [2.45, 2.75) is 19.9 Å². The van der Waals surface area contributed by atoms with Crippen molar-refractivity contribution in [2.24, 2.45) is 0 Å². The van der Waals surface area contributed by atoms with E-state index in [2.05, 4.69) is 23.2 Å². The molecule has 6 heteroatoms. The summed E-state index contributed by atoms with van der Waals surface area (Å²) in [5.41, 5.74) is 2.59. The number of rotatable bonds is 7. The zero-order valence-corrected chi connectivity index (χ0v) is 19.1. The molecule has 5 nitrogen and oxygen atoms in total. The largest absolute Gasteiger partial charge is 0.492 e. The number of carbonyl (C=O) groups excluding carboxylic acids is 1. The fraction of sp³-hybridized carbons (Fsp3) is 0.148. The van der Waals surface area contributed by atoms with Gasteiger partial charge in [-0.25, -0.2) is 4.98 Å². The van der Waals surface area contributed by atoms with Gasteiger partial charge in [0.2, 0.25) is 5.91 Å². The van der Waals surface area contributed by atoms with Crippen LogP contribution in [0, 0.1) is 0 Å². The first kappa shape index (κ1) is 21.1. The maximum atomic E-state index is 13.7. The highest BCUT2D eigenvalue weighted by Crippen LogP contribution is 2.35. The van der Waals surface area contributed by atoms with Gasteiger partial charge in [-0.1, -0.05) is 65.9 Å². The first-order valence-electron chi connectivity index (χ1n) is 10.9. The molecule has 1 amide bonds. The van der Waals surface area contributed by atoms with E-state index in [0.29, 0.717) is 18.3 Å². The van der Waals surface area contributed by atoms with Gasteiger partial charge in [-0.3, -0.25) is 14.7 Å². The van der Waals surface area contributed by atoms with E-state index in [-0.39, 0.29) is 12.3 Å². The maximum absolute atomic E-state index is 13.7. The second-order valence-electron chi connectivity index (χ2n) is 7.65. The zero-order chi connectivity index (χ0) is 22.6. The van der Waals surface area contributed by atoms with Gasteiger partial charge >= 0.3 is 0 Å².